The van der Waals surface area contributed by atoms with Crippen LogP contribution >= 0.6 is 0 Å². The molecule has 26 heavy (non-hydrogen) atoms. The van der Waals surface area contributed by atoms with Crippen molar-refractivity contribution in [2.24, 2.45) is 0 Å². The summed E-state index contributed by atoms with van der Waals surface area (Å²) >= 11 is 0. The molecular formula is C20H27N5O. The van der Waals surface area contributed by atoms with Gasteiger partial charge in [-0.3, -0.25) is 0 Å². The van der Waals surface area contributed by atoms with Crippen LogP contribution in [0.1, 0.15) is 18.4 Å². The maximum absolute atomic E-state index is 5.65. The summed E-state index contributed by atoms with van der Waals surface area (Å²) in [6.45, 7) is 7.75. The van der Waals surface area contributed by atoms with Gasteiger partial charge in [-0.1, -0.05) is 12.1 Å². The van der Waals surface area contributed by atoms with E-state index in [1.54, 1.807) is 0 Å². The topological polar surface area (TPSA) is 53.5 Å². The maximum atomic E-state index is 5.65. The Bertz CT molecular complexity index is 724. The smallest absolute Gasteiger partial charge is 0.224 e. The first kappa shape index (κ1) is 17.1. The van der Waals surface area contributed by atoms with Crippen molar-refractivity contribution in [2.75, 3.05) is 54.4 Å². The number of benzene rings is 1. The highest BCUT2D eigenvalue weighted by Gasteiger charge is 2.19. The molecule has 1 aromatic carbocycles. The molecule has 3 heterocycles. The third-order valence-corrected chi connectivity index (χ3v) is 5.12. The average molecular weight is 353 g/mol. The number of piperazine rings is 1. The fourth-order valence-electron chi connectivity index (χ4n) is 3.64. The second-order valence-corrected chi connectivity index (χ2v) is 7.07. The van der Waals surface area contributed by atoms with Crippen LogP contribution < -0.4 is 15.1 Å². The quantitative estimate of drug-likeness (QED) is 0.892. The number of aryl methyl sites for hydroxylation is 1. The molecule has 0 aliphatic carbocycles. The van der Waals surface area contributed by atoms with Crippen molar-refractivity contribution >= 4 is 17.5 Å². The molecular weight excluding hydrogens is 326 g/mol. The highest BCUT2D eigenvalue weighted by atomic mass is 16.5. The Labute approximate surface area is 155 Å². The third-order valence-electron chi connectivity index (χ3n) is 5.12. The maximum Gasteiger partial charge on any atom is 0.224 e. The van der Waals surface area contributed by atoms with Crippen LogP contribution in [0.2, 0.25) is 0 Å². The van der Waals surface area contributed by atoms with Gasteiger partial charge < -0.3 is 19.9 Å². The van der Waals surface area contributed by atoms with E-state index in [-0.39, 0.29) is 0 Å². The van der Waals surface area contributed by atoms with Crippen molar-refractivity contribution < 1.29 is 4.74 Å². The summed E-state index contributed by atoms with van der Waals surface area (Å²) in [6.07, 6.45) is 4.40. The lowest BCUT2D eigenvalue weighted by molar-refractivity contribution is 0.120. The van der Waals surface area contributed by atoms with Crippen molar-refractivity contribution in [1.29, 1.82) is 0 Å². The lowest BCUT2D eigenvalue weighted by Crippen LogP contribution is -2.46. The van der Waals surface area contributed by atoms with E-state index >= 15 is 0 Å². The first-order valence-electron chi connectivity index (χ1n) is 9.53. The van der Waals surface area contributed by atoms with E-state index in [1.165, 1.54) is 11.3 Å². The number of ether oxygens (including phenoxy) is 1. The highest BCUT2D eigenvalue weighted by molar-refractivity contribution is 5.51. The highest BCUT2D eigenvalue weighted by Crippen LogP contribution is 2.21. The van der Waals surface area contributed by atoms with Crippen LogP contribution in [0.5, 0.6) is 0 Å². The SMILES string of the molecule is Cc1cccc(N2CCN(c3ccnc(NCC4CCCO4)n3)CC2)c1. The van der Waals surface area contributed by atoms with Gasteiger partial charge in [-0.15, -0.1) is 0 Å². The van der Waals surface area contributed by atoms with E-state index in [9.17, 15) is 0 Å². The van der Waals surface area contributed by atoms with Crippen molar-refractivity contribution in [3.8, 4) is 0 Å². The molecule has 2 saturated heterocycles. The van der Waals surface area contributed by atoms with Crippen molar-refractivity contribution in [1.82, 2.24) is 9.97 Å². The van der Waals surface area contributed by atoms with Crippen LogP contribution in [0.4, 0.5) is 17.5 Å². The van der Waals surface area contributed by atoms with Gasteiger partial charge in [-0.2, -0.15) is 4.98 Å². The van der Waals surface area contributed by atoms with Crippen molar-refractivity contribution in [3.05, 3.63) is 42.1 Å². The molecule has 6 nitrogen and oxygen atoms in total. The van der Waals surface area contributed by atoms with E-state index in [2.05, 4.69) is 51.3 Å². The Morgan fingerprint density at radius 2 is 2.00 bits per heavy atom. The van der Waals surface area contributed by atoms with Crippen molar-refractivity contribution in [2.45, 2.75) is 25.9 Å². The van der Waals surface area contributed by atoms with Crippen LogP contribution in [0.15, 0.2) is 36.5 Å². The minimum atomic E-state index is 0.292. The normalized spacial score (nSPS) is 20.4. The van der Waals surface area contributed by atoms with Crippen LogP contribution in [0.25, 0.3) is 0 Å². The standard InChI is InChI=1S/C20H27N5O/c1-16-4-2-5-17(14-16)24-9-11-25(12-10-24)19-7-8-21-20(23-19)22-15-18-6-3-13-26-18/h2,4-5,7-8,14,18H,3,6,9-13,15H2,1H3,(H,21,22,23). The molecule has 1 N–H and O–H groups in total. The third kappa shape index (κ3) is 4.07. The summed E-state index contributed by atoms with van der Waals surface area (Å²) in [5.74, 6) is 1.69. The molecule has 0 saturated carbocycles. The molecule has 2 fully saturated rings. The monoisotopic (exact) mass is 353 g/mol. The number of hydrogen-bond acceptors (Lipinski definition) is 6. The van der Waals surface area contributed by atoms with Gasteiger partial charge in [0.1, 0.15) is 5.82 Å². The molecule has 6 heteroatoms. The zero-order valence-electron chi connectivity index (χ0n) is 15.4. The summed E-state index contributed by atoms with van der Waals surface area (Å²) < 4.78 is 5.65. The Morgan fingerprint density at radius 3 is 2.77 bits per heavy atom. The Balaban J connectivity index is 1.34. The predicted molar refractivity (Wildman–Crippen MR) is 105 cm³/mol. The summed E-state index contributed by atoms with van der Waals surface area (Å²) in [6, 6.07) is 10.7. The Kier molecular flexibility index (Phi) is 5.20. The molecule has 2 aliphatic heterocycles. The van der Waals surface area contributed by atoms with Crippen LogP contribution in [0.3, 0.4) is 0 Å². The van der Waals surface area contributed by atoms with Crippen molar-refractivity contribution in [3.63, 3.8) is 0 Å². The van der Waals surface area contributed by atoms with Gasteiger partial charge in [0.2, 0.25) is 5.95 Å². The number of rotatable bonds is 5. The Hall–Kier alpha value is -2.34. The average Bonchev–Trinajstić information content (AvgIpc) is 3.20. The number of aromatic nitrogens is 2. The largest absolute Gasteiger partial charge is 0.376 e. The lowest BCUT2D eigenvalue weighted by atomic mass is 10.2. The molecule has 1 aromatic heterocycles. The summed E-state index contributed by atoms with van der Waals surface area (Å²) in [5, 5.41) is 3.32. The second kappa shape index (κ2) is 7.91. The van der Waals surface area contributed by atoms with Crippen LogP contribution in [0, 0.1) is 6.92 Å². The van der Waals surface area contributed by atoms with E-state index in [4.69, 9.17) is 9.72 Å². The van der Waals surface area contributed by atoms with Crippen LogP contribution in [-0.4, -0.2) is 55.4 Å². The van der Waals surface area contributed by atoms with Gasteiger partial charge >= 0.3 is 0 Å². The minimum Gasteiger partial charge on any atom is -0.376 e. The van der Waals surface area contributed by atoms with Gasteiger partial charge in [0, 0.05) is 51.2 Å². The first-order chi connectivity index (χ1) is 12.8. The molecule has 0 radical (unpaired) electrons. The molecule has 0 amide bonds. The van der Waals surface area contributed by atoms with E-state index < -0.39 is 0 Å². The summed E-state index contributed by atoms with van der Waals surface area (Å²) in [5.41, 5.74) is 2.62. The second-order valence-electron chi connectivity index (χ2n) is 7.07. The number of nitrogens with one attached hydrogen (secondary N) is 1. The van der Waals surface area contributed by atoms with E-state index in [0.717, 1.165) is 58.0 Å². The molecule has 2 aromatic rings. The fraction of sp³-hybridized carbons (Fsp3) is 0.500. The number of hydrogen-bond donors (Lipinski definition) is 1. The molecule has 4 rings (SSSR count). The minimum absolute atomic E-state index is 0.292. The molecule has 0 spiro atoms. The number of anilines is 3. The first-order valence-corrected chi connectivity index (χ1v) is 9.53. The molecule has 2 aliphatic rings. The zero-order valence-corrected chi connectivity index (χ0v) is 15.4. The van der Waals surface area contributed by atoms with Gasteiger partial charge in [0.15, 0.2) is 0 Å². The summed E-state index contributed by atoms with van der Waals surface area (Å²) in [4.78, 5) is 13.8. The molecule has 1 atom stereocenters. The zero-order chi connectivity index (χ0) is 17.8. The van der Waals surface area contributed by atoms with Crippen LogP contribution in [-0.2, 0) is 4.74 Å². The molecule has 0 bridgehead atoms. The fourth-order valence-corrected chi connectivity index (χ4v) is 3.64. The molecule has 138 valence electrons. The van der Waals surface area contributed by atoms with Gasteiger partial charge in [0.25, 0.3) is 0 Å². The van der Waals surface area contributed by atoms with E-state index in [0.29, 0.717) is 12.1 Å². The molecule has 1 unspecified atom stereocenters. The lowest BCUT2D eigenvalue weighted by Gasteiger charge is -2.36. The van der Waals surface area contributed by atoms with Gasteiger partial charge in [-0.05, 0) is 43.5 Å². The number of nitrogens with zero attached hydrogens (tertiary/aromatic N) is 4. The predicted octanol–water partition coefficient (Wildman–Crippen LogP) is 2.70. The van der Waals surface area contributed by atoms with E-state index in [1.807, 2.05) is 12.3 Å². The van der Waals surface area contributed by atoms with Gasteiger partial charge in [-0.25, -0.2) is 4.98 Å². The summed E-state index contributed by atoms with van der Waals surface area (Å²) in [7, 11) is 0. The Morgan fingerprint density at radius 1 is 1.15 bits per heavy atom. The van der Waals surface area contributed by atoms with Gasteiger partial charge in [0.05, 0.1) is 6.10 Å².